The summed E-state index contributed by atoms with van der Waals surface area (Å²) in [6.45, 7) is 1.21. The number of hydrogen-bond acceptors (Lipinski definition) is 2. The van der Waals surface area contributed by atoms with Crippen molar-refractivity contribution in [1.82, 2.24) is 0 Å². The smallest absolute Gasteiger partial charge is 0.382 e. The van der Waals surface area contributed by atoms with E-state index in [4.69, 9.17) is 4.74 Å². The van der Waals surface area contributed by atoms with Crippen molar-refractivity contribution < 1.29 is 17.9 Å². The van der Waals surface area contributed by atoms with E-state index in [2.05, 4.69) is 5.32 Å². The summed E-state index contributed by atoms with van der Waals surface area (Å²) in [7, 11) is 0. The number of rotatable bonds is 5. The zero-order chi connectivity index (χ0) is 17.0. The van der Waals surface area contributed by atoms with Crippen LogP contribution in [-0.4, -0.2) is 12.6 Å². The Hall–Kier alpha value is -2.01. The molecule has 2 aromatic carbocycles. The van der Waals surface area contributed by atoms with Crippen LogP contribution in [0.5, 0.6) is 0 Å². The zero-order valence-electron chi connectivity index (χ0n) is 13.3. The molecule has 2 nitrogen and oxygen atoms in total. The number of alkyl halides is 3. The monoisotopic (exact) mass is 335 g/mol. The van der Waals surface area contributed by atoms with Gasteiger partial charge < -0.3 is 10.1 Å². The predicted molar refractivity (Wildman–Crippen MR) is 87.9 cm³/mol. The Balaban J connectivity index is 1.49. The van der Waals surface area contributed by atoms with E-state index in [0.29, 0.717) is 19.6 Å². The number of fused-ring (bicyclic) bond motifs is 1. The first-order chi connectivity index (χ1) is 11.5. The Morgan fingerprint density at radius 2 is 1.88 bits per heavy atom. The molecule has 1 heterocycles. The predicted octanol–water partition coefficient (Wildman–Crippen LogP) is 5.04. The molecule has 1 N–H and O–H groups in total. The molecular weight excluding hydrogens is 315 g/mol. The van der Waals surface area contributed by atoms with Gasteiger partial charge in [-0.2, -0.15) is 13.2 Å². The van der Waals surface area contributed by atoms with Crippen molar-refractivity contribution in [2.75, 3.05) is 11.9 Å². The standard InChI is InChI=1S/C19H20F3NO/c20-19(21,22)16-7-9-18-15(12-16)6-8-17(23-18)10-11-24-13-14-4-2-1-3-5-14/h1-5,7,9,12,17,23H,6,8,10-11,13H2. The summed E-state index contributed by atoms with van der Waals surface area (Å²) < 4.78 is 43.9. The average molecular weight is 335 g/mol. The molecule has 2 aromatic rings. The summed E-state index contributed by atoms with van der Waals surface area (Å²) >= 11 is 0. The maximum Gasteiger partial charge on any atom is 0.416 e. The minimum atomic E-state index is -4.28. The van der Waals surface area contributed by atoms with Crippen molar-refractivity contribution in [1.29, 1.82) is 0 Å². The van der Waals surface area contributed by atoms with Gasteiger partial charge in [-0.05, 0) is 48.6 Å². The molecule has 1 aliphatic heterocycles. The van der Waals surface area contributed by atoms with Crippen LogP contribution < -0.4 is 5.32 Å². The molecule has 0 saturated heterocycles. The molecular formula is C19H20F3NO. The zero-order valence-corrected chi connectivity index (χ0v) is 13.3. The fraction of sp³-hybridized carbons (Fsp3) is 0.368. The summed E-state index contributed by atoms with van der Waals surface area (Å²) in [4.78, 5) is 0. The summed E-state index contributed by atoms with van der Waals surface area (Å²) in [5, 5.41) is 3.33. The van der Waals surface area contributed by atoms with E-state index in [1.807, 2.05) is 30.3 Å². The van der Waals surface area contributed by atoms with E-state index >= 15 is 0 Å². The van der Waals surface area contributed by atoms with Gasteiger partial charge in [-0.3, -0.25) is 0 Å². The van der Waals surface area contributed by atoms with Crippen molar-refractivity contribution in [3.05, 3.63) is 65.2 Å². The molecule has 0 saturated carbocycles. The second-order valence-electron chi connectivity index (χ2n) is 6.08. The number of halogens is 3. The third-order valence-corrected chi connectivity index (χ3v) is 4.28. The Morgan fingerprint density at radius 1 is 1.08 bits per heavy atom. The first-order valence-corrected chi connectivity index (χ1v) is 8.11. The average Bonchev–Trinajstić information content (AvgIpc) is 2.58. The first-order valence-electron chi connectivity index (χ1n) is 8.11. The van der Waals surface area contributed by atoms with E-state index in [1.165, 1.54) is 12.1 Å². The van der Waals surface area contributed by atoms with Crippen LogP contribution in [0.1, 0.15) is 29.5 Å². The van der Waals surface area contributed by atoms with Gasteiger partial charge in [0.25, 0.3) is 0 Å². The van der Waals surface area contributed by atoms with Crippen LogP contribution in [0.2, 0.25) is 0 Å². The van der Waals surface area contributed by atoms with Crippen LogP contribution in [0, 0.1) is 0 Å². The molecule has 0 aromatic heterocycles. The van der Waals surface area contributed by atoms with Gasteiger partial charge in [0.05, 0.1) is 12.2 Å². The van der Waals surface area contributed by atoms with Crippen LogP contribution >= 0.6 is 0 Å². The number of hydrogen-bond donors (Lipinski definition) is 1. The van der Waals surface area contributed by atoms with Gasteiger partial charge in [0.15, 0.2) is 0 Å². The lowest BCUT2D eigenvalue weighted by Gasteiger charge is -2.27. The molecule has 3 rings (SSSR count). The van der Waals surface area contributed by atoms with E-state index < -0.39 is 11.7 Å². The highest BCUT2D eigenvalue weighted by molar-refractivity contribution is 5.55. The molecule has 0 bridgehead atoms. The topological polar surface area (TPSA) is 21.3 Å². The highest BCUT2D eigenvalue weighted by Crippen LogP contribution is 2.34. The van der Waals surface area contributed by atoms with Gasteiger partial charge >= 0.3 is 6.18 Å². The van der Waals surface area contributed by atoms with E-state index in [-0.39, 0.29) is 6.04 Å². The minimum Gasteiger partial charge on any atom is -0.382 e. The maximum absolute atomic E-state index is 12.7. The lowest BCUT2D eigenvalue weighted by atomic mass is 9.95. The fourth-order valence-corrected chi connectivity index (χ4v) is 2.95. The third-order valence-electron chi connectivity index (χ3n) is 4.28. The van der Waals surface area contributed by atoms with Crippen LogP contribution in [0.4, 0.5) is 18.9 Å². The molecule has 0 amide bonds. The normalized spacial score (nSPS) is 17.2. The van der Waals surface area contributed by atoms with E-state index in [1.54, 1.807) is 0 Å². The van der Waals surface area contributed by atoms with Crippen molar-refractivity contribution in [3.8, 4) is 0 Å². The number of nitrogens with one attached hydrogen (secondary N) is 1. The molecule has 0 fully saturated rings. The molecule has 1 unspecified atom stereocenters. The Morgan fingerprint density at radius 3 is 2.62 bits per heavy atom. The van der Waals surface area contributed by atoms with Crippen molar-refractivity contribution >= 4 is 5.69 Å². The van der Waals surface area contributed by atoms with Gasteiger partial charge in [-0.25, -0.2) is 0 Å². The number of aryl methyl sites for hydroxylation is 1. The van der Waals surface area contributed by atoms with Gasteiger partial charge in [0.2, 0.25) is 0 Å². The number of benzene rings is 2. The second-order valence-corrected chi connectivity index (χ2v) is 6.08. The summed E-state index contributed by atoms with van der Waals surface area (Å²) in [6.07, 6.45) is -1.96. The quantitative estimate of drug-likeness (QED) is 0.773. The van der Waals surface area contributed by atoms with Crippen LogP contribution in [0.25, 0.3) is 0 Å². The SMILES string of the molecule is FC(F)(F)c1ccc2c(c1)CCC(CCOCc1ccccc1)N2. The number of ether oxygens (including phenoxy) is 1. The summed E-state index contributed by atoms with van der Waals surface area (Å²) in [6, 6.07) is 14.1. The van der Waals surface area contributed by atoms with E-state index in [0.717, 1.165) is 35.7 Å². The molecule has 128 valence electrons. The minimum absolute atomic E-state index is 0.241. The van der Waals surface area contributed by atoms with Gasteiger partial charge in [-0.15, -0.1) is 0 Å². The lowest BCUT2D eigenvalue weighted by Crippen LogP contribution is -2.27. The third kappa shape index (κ3) is 4.29. The first kappa shape index (κ1) is 16.8. The van der Waals surface area contributed by atoms with Gasteiger partial charge in [-0.1, -0.05) is 30.3 Å². The summed E-state index contributed by atoms with van der Waals surface area (Å²) in [5.74, 6) is 0. The Bertz CT molecular complexity index is 670. The largest absolute Gasteiger partial charge is 0.416 e. The lowest BCUT2D eigenvalue weighted by molar-refractivity contribution is -0.137. The highest BCUT2D eigenvalue weighted by Gasteiger charge is 2.31. The van der Waals surface area contributed by atoms with Crippen molar-refractivity contribution in [2.24, 2.45) is 0 Å². The van der Waals surface area contributed by atoms with Crippen LogP contribution in [-0.2, 0) is 23.9 Å². The van der Waals surface area contributed by atoms with Gasteiger partial charge in [0.1, 0.15) is 0 Å². The van der Waals surface area contributed by atoms with Crippen LogP contribution in [0.15, 0.2) is 48.5 Å². The molecule has 0 aliphatic carbocycles. The highest BCUT2D eigenvalue weighted by atomic mass is 19.4. The van der Waals surface area contributed by atoms with Gasteiger partial charge in [0, 0.05) is 18.3 Å². The summed E-state index contributed by atoms with van der Waals surface area (Å²) in [5.41, 5.74) is 2.11. The maximum atomic E-state index is 12.7. The van der Waals surface area contributed by atoms with Crippen molar-refractivity contribution in [2.45, 2.75) is 38.1 Å². The molecule has 1 atom stereocenters. The molecule has 1 aliphatic rings. The van der Waals surface area contributed by atoms with E-state index in [9.17, 15) is 13.2 Å². The molecule has 0 spiro atoms. The van der Waals surface area contributed by atoms with Crippen LogP contribution in [0.3, 0.4) is 0 Å². The fourth-order valence-electron chi connectivity index (χ4n) is 2.95. The molecule has 5 heteroatoms. The Labute approximate surface area is 139 Å². The molecule has 0 radical (unpaired) electrons. The second kappa shape index (κ2) is 7.26. The number of anilines is 1. The van der Waals surface area contributed by atoms with Crippen molar-refractivity contribution in [3.63, 3.8) is 0 Å². The Kier molecular flexibility index (Phi) is 5.09. The molecule has 24 heavy (non-hydrogen) atoms.